The van der Waals surface area contributed by atoms with Crippen molar-refractivity contribution < 1.29 is 0 Å². The second-order valence-corrected chi connectivity index (χ2v) is 12.7. The molecule has 1 aromatic heterocycles. The molecule has 0 N–H and O–H groups in total. The predicted molar refractivity (Wildman–Crippen MR) is 179 cm³/mol. The molecule has 0 saturated carbocycles. The number of para-hydroxylation sites is 4. The third-order valence-corrected chi connectivity index (χ3v) is 10.9. The summed E-state index contributed by atoms with van der Waals surface area (Å²) in [6, 6.07) is 36.3. The van der Waals surface area contributed by atoms with Gasteiger partial charge >= 0.3 is 0 Å². The van der Waals surface area contributed by atoms with Crippen molar-refractivity contribution in [1.82, 2.24) is 9.97 Å². The number of nitriles is 1. The van der Waals surface area contributed by atoms with Gasteiger partial charge in [0.25, 0.3) is 0 Å². The summed E-state index contributed by atoms with van der Waals surface area (Å²) in [5.41, 5.74) is 8.08. The van der Waals surface area contributed by atoms with E-state index in [0.717, 1.165) is 51.1 Å². The zero-order valence-corrected chi connectivity index (χ0v) is 25.4. The van der Waals surface area contributed by atoms with Gasteiger partial charge in [-0.3, -0.25) is 0 Å². The largest absolute Gasteiger partial charge is 0.352 e. The SMILES string of the molecule is C=C1c2ccccc2N2c3nccnc3N(c3ccccc3)C2C2(C)C3N(C)c4ccccc4N3c3ccc(C#N)cc3C12C. The lowest BCUT2D eigenvalue weighted by atomic mass is 9.52. The zero-order valence-electron chi connectivity index (χ0n) is 25.4. The second kappa shape index (κ2) is 8.73. The maximum absolute atomic E-state index is 10.2. The first-order valence-electron chi connectivity index (χ1n) is 15.3. The first-order chi connectivity index (χ1) is 21.9. The molecule has 0 radical (unpaired) electrons. The van der Waals surface area contributed by atoms with E-state index in [1.54, 1.807) is 12.4 Å². The lowest BCUT2D eigenvalue weighted by molar-refractivity contribution is 0.117. The Morgan fingerprint density at radius 3 is 2.09 bits per heavy atom. The summed E-state index contributed by atoms with van der Waals surface area (Å²) in [7, 11) is 2.21. The molecular formula is C38H31N7. The summed E-state index contributed by atoms with van der Waals surface area (Å²) in [6.45, 7) is 9.69. The van der Waals surface area contributed by atoms with Gasteiger partial charge in [-0.05, 0) is 59.7 Å². The lowest BCUT2D eigenvalue weighted by Crippen LogP contribution is -2.71. The van der Waals surface area contributed by atoms with E-state index in [-0.39, 0.29) is 12.3 Å². The highest BCUT2D eigenvalue weighted by Gasteiger charge is 2.70. The van der Waals surface area contributed by atoms with Gasteiger partial charge in [0.2, 0.25) is 0 Å². The second-order valence-electron chi connectivity index (χ2n) is 12.7. The Morgan fingerprint density at radius 2 is 1.36 bits per heavy atom. The van der Waals surface area contributed by atoms with E-state index in [9.17, 15) is 5.26 Å². The van der Waals surface area contributed by atoms with Crippen LogP contribution in [0.2, 0.25) is 0 Å². The molecule has 5 heterocycles. The highest BCUT2D eigenvalue weighted by molar-refractivity contribution is 5.97. The molecule has 7 heteroatoms. The molecule has 4 unspecified atom stereocenters. The van der Waals surface area contributed by atoms with Gasteiger partial charge in [0, 0.05) is 41.8 Å². The lowest BCUT2D eigenvalue weighted by Gasteiger charge is -2.62. The Kier molecular flexibility index (Phi) is 5.02. The van der Waals surface area contributed by atoms with Crippen LogP contribution >= 0.6 is 0 Å². The highest BCUT2D eigenvalue weighted by atomic mass is 15.5. The topological polar surface area (TPSA) is 62.5 Å². The molecular weight excluding hydrogens is 554 g/mol. The Bertz CT molecular complexity index is 2100. The third-order valence-electron chi connectivity index (χ3n) is 10.9. The number of nitrogens with zero attached hydrogens (tertiary/aromatic N) is 7. The molecule has 0 bridgehead atoms. The van der Waals surface area contributed by atoms with Gasteiger partial charge in [-0.1, -0.05) is 69.0 Å². The van der Waals surface area contributed by atoms with Gasteiger partial charge in [0.1, 0.15) is 12.3 Å². The highest BCUT2D eigenvalue weighted by Crippen LogP contribution is 2.70. The van der Waals surface area contributed by atoms with Crippen LogP contribution in [0.5, 0.6) is 0 Å². The average Bonchev–Trinajstić information content (AvgIpc) is 3.58. The first-order valence-corrected chi connectivity index (χ1v) is 15.3. The van der Waals surface area contributed by atoms with E-state index in [4.69, 9.17) is 16.5 Å². The van der Waals surface area contributed by atoms with Gasteiger partial charge < -0.3 is 19.6 Å². The van der Waals surface area contributed by atoms with Crippen molar-refractivity contribution in [3.8, 4) is 6.07 Å². The van der Waals surface area contributed by atoms with Crippen LogP contribution in [0.1, 0.15) is 30.5 Å². The molecule has 7 nitrogen and oxygen atoms in total. The third kappa shape index (κ3) is 2.94. The van der Waals surface area contributed by atoms with E-state index in [1.807, 2.05) is 12.1 Å². The van der Waals surface area contributed by atoms with Crippen molar-refractivity contribution in [1.29, 1.82) is 5.26 Å². The van der Waals surface area contributed by atoms with Crippen molar-refractivity contribution in [3.63, 3.8) is 0 Å². The summed E-state index contributed by atoms with van der Waals surface area (Å²) in [4.78, 5) is 19.7. The van der Waals surface area contributed by atoms with Gasteiger partial charge in [-0.25, -0.2) is 9.97 Å². The minimum Gasteiger partial charge on any atom is -0.352 e. The predicted octanol–water partition coefficient (Wildman–Crippen LogP) is 7.88. The first kappa shape index (κ1) is 25.8. The summed E-state index contributed by atoms with van der Waals surface area (Å²) in [5.74, 6) is 1.64. The van der Waals surface area contributed by atoms with Gasteiger partial charge in [-0.15, -0.1) is 0 Å². The number of aromatic nitrogens is 2. The van der Waals surface area contributed by atoms with Gasteiger partial charge in [0.05, 0.1) is 34.1 Å². The van der Waals surface area contributed by atoms with Crippen molar-refractivity contribution in [2.24, 2.45) is 5.41 Å². The monoisotopic (exact) mass is 585 g/mol. The van der Waals surface area contributed by atoms with E-state index >= 15 is 0 Å². The quantitative estimate of drug-likeness (QED) is 0.198. The Balaban J connectivity index is 1.46. The molecule has 45 heavy (non-hydrogen) atoms. The van der Waals surface area contributed by atoms with Crippen molar-refractivity contribution >= 4 is 45.6 Å². The molecule has 0 spiro atoms. The molecule has 0 aliphatic carbocycles. The summed E-state index contributed by atoms with van der Waals surface area (Å²) < 4.78 is 0. The van der Waals surface area contributed by atoms with Gasteiger partial charge in [0.15, 0.2) is 11.6 Å². The van der Waals surface area contributed by atoms with Gasteiger partial charge in [-0.2, -0.15) is 5.26 Å². The number of benzene rings is 4. The molecule has 218 valence electrons. The zero-order chi connectivity index (χ0) is 30.7. The maximum atomic E-state index is 10.2. The summed E-state index contributed by atoms with van der Waals surface area (Å²) in [6.07, 6.45) is 3.17. The number of anilines is 7. The van der Waals surface area contributed by atoms with Crippen LogP contribution in [-0.2, 0) is 5.41 Å². The molecule has 0 saturated heterocycles. The summed E-state index contributed by atoms with van der Waals surface area (Å²) in [5, 5.41) is 10.2. The van der Waals surface area contributed by atoms with Crippen LogP contribution in [0.3, 0.4) is 0 Å². The minimum absolute atomic E-state index is 0.126. The fourth-order valence-electron chi connectivity index (χ4n) is 8.83. The average molecular weight is 586 g/mol. The van der Waals surface area contributed by atoms with Crippen LogP contribution < -0.4 is 19.6 Å². The van der Waals surface area contributed by atoms with Crippen LogP contribution in [-0.4, -0.2) is 29.3 Å². The summed E-state index contributed by atoms with van der Waals surface area (Å²) >= 11 is 0. The van der Waals surface area contributed by atoms with Crippen molar-refractivity contribution in [3.05, 3.63) is 133 Å². The normalized spacial score (nSPS) is 25.2. The standard InChI is InChI=1S/C38H31N7/c1-24-27-14-8-9-15-29(27)45-34-33(40-20-21-41-34)43(26-12-6-5-7-13-26)36(45)38(3)35-42(4)31-16-10-11-17-32(31)44(35)30-19-18-25(23-39)22-28(30)37(24,38)2/h5-22,35-36H,1H2,2-4H3. The van der Waals surface area contributed by atoms with Crippen molar-refractivity contribution in [2.45, 2.75) is 31.6 Å². The molecule has 4 aromatic carbocycles. The molecule has 4 aliphatic rings. The molecule has 5 aromatic rings. The van der Waals surface area contributed by atoms with Crippen LogP contribution in [0, 0.1) is 16.7 Å². The Hall–Kier alpha value is -5.61. The smallest absolute Gasteiger partial charge is 0.178 e. The molecule has 0 fully saturated rings. The Labute approximate surface area is 262 Å². The molecule has 4 atom stereocenters. The van der Waals surface area contributed by atoms with E-state index in [2.05, 4.69) is 131 Å². The number of hydrogen-bond donors (Lipinski definition) is 0. The van der Waals surface area contributed by atoms with Crippen molar-refractivity contribution in [2.75, 3.05) is 26.6 Å². The number of rotatable bonds is 1. The van der Waals surface area contributed by atoms with E-state index in [0.29, 0.717) is 5.56 Å². The van der Waals surface area contributed by atoms with E-state index < -0.39 is 10.8 Å². The fourth-order valence-corrected chi connectivity index (χ4v) is 8.83. The number of hydrogen-bond acceptors (Lipinski definition) is 7. The van der Waals surface area contributed by atoms with Crippen LogP contribution in [0.25, 0.3) is 5.57 Å². The molecule has 0 amide bonds. The van der Waals surface area contributed by atoms with E-state index in [1.165, 1.54) is 5.69 Å². The number of allylic oxidation sites excluding steroid dienone is 1. The van der Waals surface area contributed by atoms with Crippen LogP contribution in [0.15, 0.2) is 116 Å². The maximum Gasteiger partial charge on any atom is 0.178 e. The molecule has 4 aliphatic heterocycles. The minimum atomic E-state index is -0.642. The Morgan fingerprint density at radius 1 is 0.711 bits per heavy atom. The van der Waals surface area contributed by atoms with Crippen LogP contribution in [0.4, 0.5) is 40.1 Å². The molecule has 9 rings (SSSR count). The fraction of sp³-hybridized carbons (Fsp3) is 0.184. The number of fused-ring (bicyclic) bond motifs is 14.